The molecule has 0 aliphatic carbocycles. The van der Waals surface area contributed by atoms with Crippen LogP contribution in [0.2, 0.25) is 5.02 Å². The van der Waals surface area contributed by atoms with Gasteiger partial charge in [0.15, 0.2) is 0 Å². The van der Waals surface area contributed by atoms with Gasteiger partial charge in [0.05, 0.1) is 23.8 Å². The first-order valence-electron chi connectivity index (χ1n) is 10.5. The van der Waals surface area contributed by atoms with E-state index in [4.69, 9.17) is 26.1 Å². The average Bonchev–Trinajstić information content (AvgIpc) is 2.75. The van der Waals surface area contributed by atoms with Gasteiger partial charge >= 0.3 is 0 Å². The first-order valence-corrected chi connectivity index (χ1v) is 10.9. The van der Waals surface area contributed by atoms with Crippen molar-refractivity contribution in [2.24, 2.45) is 0 Å². The zero-order valence-corrected chi connectivity index (χ0v) is 18.8. The van der Waals surface area contributed by atoms with Gasteiger partial charge in [-0.05, 0) is 49.2 Å². The van der Waals surface area contributed by atoms with Gasteiger partial charge in [-0.25, -0.2) is 4.98 Å². The van der Waals surface area contributed by atoms with Gasteiger partial charge in [-0.15, -0.1) is 0 Å². The molecule has 0 aliphatic rings. The van der Waals surface area contributed by atoms with E-state index in [9.17, 15) is 0 Å². The van der Waals surface area contributed by atoms with E-state index in [0.29, 0.717) is 5.02 Å². The molecule has 4 nitrogen and oxygen atoms in total. The fourth-order valence-corrected chi connectivity index (χ4v) is 3.50. The van der Waals surface area contributed by atoms with Crippen LogP contribution in [0.3, 0.4) is 0 Å². The maximum absolute atomic E-state index is 6.18. The molecule has 0 aliphatic heterocycles. The Labute approximate surface area is 179 Å². The van der Waals surface area contributed by atoms with Crippen molar-refractivity contribution >= 4 is 39.1 Å². The molecular weight excluding hydrogens is 384 g/mol. The van der Waals surface area contributed by atoms with Crippen molar-refractivity contribution in [3.8, 4) is 5.75 Å². The van der Waals surface area contributed by atoms with Gasteiger partial charge in [-0.2, -0.15) is 0 Å². The smallest absolute Gasteiger partial charge is 0.119 e. The Balaban J connectivity index is 0.00000145. The number of fused-ring (bicyclic) bond motifs is 2. The van der Waals surface area contributed by atoms with Crippen LogP contribution in [0.25, 0.3) is 21.8 Å². The van der Waals surface area contributed by atoms with Crippen LogP contribution >= 0.6 is 11.6 Å². The number of methoxy groups -OCH3 is 2. The molecule has 0 unspecified atom stereocenters. The van der Waals surface area contributed by atoms with E-state index in [1.165, 1.54) is 19.3 Å². The van der Waals surface area contributed by atoms with Gasteiger partial charge in [0.2, 0.25) is 0 Å². The Morgan fingerprint density at radius 3 is 2.38 bits per heavy atom. The zero-order chi connectivity index (χ0) is 21.1. The molecule has 1 N–H and O–H groups in total. The van der Waals surface area contributed by atoms with Crippen molar-refractivity contribution < 1.29 is 9.47 Å². The van der Waals surface area contributed by atoms with Crippen molar-refractivity contribution in [1.82, 2.24) is 4.98 Å². The number of ether oxygens (including phenoxy) is 2. The van der Waals surface area contributed by atoms with Crippen LogP contribution in [0.15, 0.2) is 36.4 Å². The van der Waals surface area contributed by atoms with E-state index >= 15 is 0 Å². The maximum Gasteiger partial charge on any atom is 0.119 e. The molecule has 0 saturated heterocycles. The zero-order valence-electron chi connectivity index (χ0n) is 18.1. The highest BCUT2D eigenvalue weighted by Crippen LogP contribution is 2.34. The molecule has 0 amide bonds. The second-order valence-electron chi connectivity index (χ2n) is 6.72. The third-order valence-electron chi connectivity index (χ3n) is 4.77. The number of hydrogen-bond acceptors (Lipinski definition) is 4. The molecule has 0 bridgehead atoms. The van der Waals surface area contributed by atoms with Crippen molar-refractivity contribution in [2.45, 2.75) is 46.0 Å². The van der Waals surface area contributed by atoms with Gasteiger partial charge in [0.1, 0.15) is 5.75 Å². The van der Waals surface area contributed by atoms with Crippen LogP contribution in [-0.4, -0.2) is 32.4 Å². The van der Waals surface area contributed by atoms with E-state index < -0.39 is 0 Å². The fourth-order valence-electron chi connectivity index (χ4n) is 3.33. The molecule has 158 valence electrons. The SMILES string of the molecule is CC.COCCCCCCCNc1c2ccc(Cl)cc2nc2ccc(OC)cc12. The maximum atomic E-state index is 6.18. The van der Waals surface area contributed by atoms with Crippen LogP contribution < -0.4 is 10.1 Å². The minimum Gasteiger partial charge on any atom is -0.497 e. The minimum atomic E-state index is 0.699. The molecule has 1 aromatic heterocycles. The molecule has 29 heavy (non-hydrogen) atoms. The molecule has 1 heterocycles. The van der Waals surface area contributed by atoms with Gasteiger partial charge in [-0.3, -0.25) is 0 Å². The van der Waals surface area contributed by atoms with Crippen molar-refractivity contribution in [3.63, 3.8) is 0 Å². The first-order chi connectivity index (χ1) is 14.2. The van der Waals surface area contributed by atoms with E-state index in [-0.39, 0.29) is 0 Å². The van der Waals surface area contributed by atoms with Gasteiger partial charge in [-0.1, -0.05) is 44.7 Å². The Morgan fingerprint density at radius 1 is 0.862 bits per heavy atom. The Bertz CT molecular complexity index is 899. The number of hydrogen-bond donors (Lipinski definition) is 1. The monoisotopic (exact) mass is 416 g/mol. The number of unbranched alkanes of at least 4 members (excludes halogenated alkanes) is 4. The molecule has 0 saturated carbocycles. The summed E-state index contributed by atoms with van der Waals surface area (Å²) >= 11 is 6.18. The molecule has 0 fully saturated rings. The lowest BCUT2D eigenvalue weighted by Crippen LogP contribution is -2.04. The van der Waals surface area contributed by atoms with Crippen LogP contribution in [0, 0.1) is 0 Å². The van der Waals surface area contributed by atoms with Crippen molar-refractivity contribution in [3.05, 3.63) is 41.4 Å². The lowest BCUT2D eigenvalue weighted by molar-refractivity contribution is 0.192. The number of anilines is 1. The van der Waals surface area contributed by atoms with E-state index in [1.54, 1.807) is 14.2 Å². The second-order valence-corrected chi connectivity index (χ2v) is 7.16. The van der Waals surface area contributed by atoms with Gasteiger partial charge < -0.3 is 14.8 Å². The van der Waals surface area contributed by atoms with Crippen LogP contribution in [0.4, 0.5) is 5.69 Å². The van der Waals surface area contributed by atoms with Crippen molar-refractivity contribution in [2.75, 3.05) is 32.7 Å². The summed E-state index contributed by atoms with van der Waals surface area (Å²) in [6.45, 7) is 5.79. The number of nitrogens with zero attached hydrogens (tertiary/aromatic N) is 1. The number of benzene rings is 2. The molecule has 2 aromatic carbocycles. The molecule has 0 spiro atoms. The number of nitrogens with one attached hydrogen (secondary N) is 1. The highest BCUT2D eigenvalue weighted by molar-refractivity contribution is 6.31. The fraction of sp³-hybridized carbons (Fsp3) is 0.458. The van der Waals surface area contributed by atoms with E-state index in [1.807, 2.05) is 50.2 Å². The summed E-state index contributed by atoms with van der Waals surface area (Å²) in [5, 5.41) is 6.50. The second kappa shape index (κ2) is 12.5. The lowest BCUT2D eigenvalue weighted by Gasteiger charge is -2.14. The van der Waals surface area contributed by atoms with E-state index in [0.717, 1.165) is 59.2 Å². The van der Waals surface area contributed by atoms with Crippen LogP contribution in [0.1, 0.15) is 46.0 Å². The Morgan fingerprint density at radius 2 is 1.62 bits per heavy atom. The minimum absolute atomic E-state index is 0.699. The first kappa shape index (κ1) is 23.2. The molecule has 3 aromatic rings. The number of rotatable bonds is 10. The lowest BCUT2D eigenvalue weighted by atomic mass is 10.1. The summed E-state index contributed by atoms with van der Waals surface area (Å²) in [6.07, 6.45) is 5.96. The average molecular weight is 417 g/mol. The number of aromatic nitrogens is 1. The molecule has 0 atom stereocenters. The Hall–Kier alpha value is -2.04. The van der Waals surface area contributed by atoms with E-state index in [2.05, 4.69) is 5.32 Å². The topological polar surface area (TPSA) is 43.4 Å². The molecule has 5 heteroatoms. The van der Waals surface area contributed by atoms with Crippen LogP contribution in [0.5, 0.6) is 5.75 Å². The quantitative estimate of drug-likeness (QED) is 0.283. The summed E-state index contributed by atoms with van der Waals surface area (Å²) in [7, 11) is 3.45. The largest absolute Gasteiger partial charge is 0.497 e. The standard InChI is InChI=1S/C22H27ClN2O2.C2H6/c1-26-13-7-5-3-4-6-12-24-22-18-10-8-16(23)14-21(18)25-20-11-9-17(27-2)15-19(20)22;1-2/h8-11,14-15H,3-7,12-13H2,1-2H3,(H,24,25);1-2H3. The highest BCUT2D eigenvalue weighted by Gasteiger charge is 2.10. The summed E-state index contributed by atoms with van der Waals surface area (Å²) in [4.78, 5) is 4.77. The third-order valence-corrected chi connectivity index (χ3v) is 5.01. The third kappa shape index (κ3) is 6.48. The summed E-state index contributed by atoms with van der Waals surface area (Å²) in [5.74, 6) is 0.832. The van der Waals surface area contributed by atoms with Gasteiger partial charge in [0, 0.05) is 36.1 Å². The predicted molar refractivity (Wildman–Crippen MR) is 126 cm³/mol. The van der Waals surface area contributed by atoms with Crippen molar-refractivity contribution in [1.29, 1.82) is 0 Å². The molecule has 3 rings (SSSR count). The number of halogens is 1. The van der Waals surface area contributed by atoms with Crippen LogP contribution in [-0.2, 0) is 4.74 Å². The number of pyridine rings is 1. The molecular formula is C24H33ClN2O2. The summed E-state index contributed by atoms with van der Waals surface area (Å²) in [5.41, 5.74) is 2.94. The normalized spacial score (nSPS) is 10.7. The molecule has 0 radical (unpaired) electrons. The predicted octanol–water partition coefficient (Wildman–Crippen LogP) is 7.09. The highest BCUT2D eigenvalue weighted by atomic mass is 35.5. The summed E-state index contributed by atoms with van der Waals surface area (Å²) in [6, 6.07) is 11.9. The van der Waals surface area contributed by atoms with Gasteiger partial charge in [0.25, 0.3) is 0 Å². The Kier molecular flexibility index (Phi) is 10.0. The summed E-state index contributed by atoms with van der Waals surface area (Å²) < 4.78 is 10.5.